The molecule has 8 heteroatoms. The van der Waals surface area contributed by atoms with Gasteiger partial charge in [0.15, 0.2) is 0 Å². The quantitative estimate of drug-likeness (QED) is 0.653. The number of aromatic nitrogens is 4. The van der Waals surface area contributed by atoms with Crippen molar-refractivity contribution in [2.24, 2.45) is 5.73 Å². The number of nitrogens with zero attached hydrogens (tertiary/aromatic N) is 4. The molecule has 1 aliphatic heterocycles. The van der Waals surface area contributed by atoms with Gasteiger partial charge in [-0.15, -0.1) is 0 Å². The highest BCUT2D eigenvalue weighted by Gasteiger charge is 2.30. The van der Waals surface area contributed by atoms with E-state index < -0.39 is 0 Å². The van der Waals surface area contributed by atoms with Crippen molar-refractivity contribution in [3.63, 3.8) is 0 Å². The molecule has 2 aliphatic rings. The fourth-order valence-electron chi connectivity index (χ4n) is 3.99. The Morgan fingerprint density at radius 1 is 1.22 bits per heavy atom. The van der Waals surface area contributed by atoms with E-state index in [2.05, 4.69) is 20.6 Å². The number of hydrogen-bond acceptors (Lipinski definition) is 6. The lowest BCUT2D eigenvalue weighted by molar-refractivity contribution is 0.0966. The molecule has 27 heavy (non-hydrogen) atoms. The van der Waals surface area contributed by atoms with Crippen LogP contribution in [0.4, 0.5) is 5.95 Å². The second-order valence-corrected chi connectivity index (χ2v) is 7.17. The summed E-state index contributed by atoms with van der Waals surface area (Å²) in [6.45, 7) is 0.409. The van der Waals surface area contributed by atoms with Crippen molar-refractivity contribution < 1.29 is 4.79 Å². The van der Waals surface area contributed by atoms with E-state index in [9.17, 15) is 4.79 Å². The van der Waals surface area contributed by atoms with E-state index in [1.165, 1.54) is 0 Å². The number of hydrogen-bond donors (Lipinski definition) is 3. The number of amides is 1. The zero-order valence-electron chi connectivity index (χ0n) is 14.9. The molecule has 1 aliphatic carbocycles. The number of anilines is 1. The monoisotopic (exact) mass is 363 g/mol. The van der Waals surface area contributed by atoms with Crippen LogP contribution in [0.15, 0.2) is 30.6 Å². The number of nitrogens with two attached hydrogens (primary N) is 1. The number of imidazole rings is 1. The average molecular weight is 363 g/mol. The Labute approximate surface area is 156 Å². The molecule has 0 saturated heterocycles. The number of rotatable bonds is 3. The largest absolute Gasteiger partial charge is 0.350 e. The molecule has 0 unspecified atom stereocenters. The van der Waals surface area contributed by atoms with Crippen LogP contribution in [0, 0.1) is 0 Å². The van der Waals surface area contributed by atoms with Crippen LogP contribution in [0.1, 0.15) is 41.7 Å². The van der Waals surface area contributed by atoms with Crippen LogP contribution in [-0.2, 0) is 6.54 Å². The maximum Gasteiger partial charge on any atom is 0.255 e. The zero-order valence-corrected chi connectivity index (χ0v) is 14.9. The average Bonchev–Trinajstić information content (AvgIpc) is 3.27. The van der Waals surface area contributed by atoms with Gasteiger partial charge in [0.25, 0.3) is 5.91 Å². The van der Waals surface area contributed by atoms with E-state index in [4.69, 9.17) is 10.7 Å². The molecule has 138 valence electrons. The molecule has 4 N–H and O–H groups in total. The Morgan fingerprint density at radius 3 is 3.00 bits per heavy atom. The predicted molar refractivity (Wildman–Crippen MR) is 101 cm³/mol. The Kier molecular flexibility index (Phi) is 3.78. The van der Waals surface area contributed by atoms with Crippen LogP contribution in [0.2, 0.25) is 0 Å². The third-order valence-corrected chi connectivity index (χ3v) is 5.42. The second-order valence-electron chi connectivity index (χ2n) is 7.17. The fourth-order valence-corrected chi connectivity index (χ4v) is 3.99. The van der Waals surface area contributed by atoms with E-state index in [0.29, 0.717) is 29.4 Å². The minimum absolute atomic E-state index is 0.0922. The number of carbonyl (C=O) groups is 1. The van der Waals surface area contributed by atoms with Crippen molar-refractivity contribution in [3.8, 4) is 11.4 Å². The summed E-state index contributed by atoms with van der Waals surface area (Å²) in [5, 5.41) is 6.26. The fraction of sp³-hybridized carbons (Fsp3) is 0.368. The molecular weight excluding hydrogens is 342 g/mol. The van der Waals surface area contributed by atoms with Gasteiger partial charge in [0.1, 0.15) is 11.3 Å². The van der Waals surface area contributed by atoms with Gasteiger partial charge >= 0.3 is 0 Å². The Balaban J connectivity index is 1.61. The highest BCUT2D eigenvalue weighted by atomic mass is 16.1. The maximum absolute atomic E-state index is 12.4. The van der Waals surface area contributed by atoms with Gasteiger partial charge in [0.2, 0.25) is 5.95 Å². The minimum atomic E-state index is -0.146. The first-order chi connectivity index (χ1) is 13.2. The normalized spacial score (nSPS) is 21.9. The molecule has 2 atom stereocenters. The molecule has 1 fully saturated rings. The predicted octanol–water partition coefficient (Wildman–Crippen LogP) is 1.72. The summed E-state index contributed by atoms with van der Waals surface area (Å²) in [5.74, 6) is 0.375. The molecular formula is C19H21N7O. The van der Waals surface area contributed by atoms with Gasteiger partial charge in [0.05, 0.1) is 29.7 Å². The van der Waals surface area contributed by atoms with E-state index in [0.717, 1.165) is 37.0 Å². The van der Waals surface area contributed by atoms with Crippen LogP contribution in [0.3, 0.4) is 0 Å². The summed E-state index contributed by atoms with van der Waals surface area (Å²) in [5.41, 5.74) is 9.69. The summed E-state index contributed by atoms with van der Waals surface area (Å²) in [7, 11) is 0. The van der Waals surface area contributed by atoms with Gasteiger partial charge in [0, 0.05) is 18.3 Å². The van der Waals surface area contributed by atoms with E-state index in [1.54, 1.807) is 6.20 Å². The maximum atomic E-state index is 12.4. The zero-order chi connectivity index (χ0) is 18.4. The third kappa shape index (κ3) is 2.73. The van der Waals surface area contributed by atoms with Gasteiger partial charge < -0.3 is 16.4 Å². The molecule has 0 bridgehead atoms. The van der Waals surface area contributed by atoms with Crippen LogP contribution >= 0.6 is 0 Å². The molecule has 3 aromatic rings. The molecule has 1 saturated carbocycles. The molecule has 0 aromatic carbocycles. The van der Waals surface area contributed by atoms with Gasteiger partial charge in [-0.25, -0.2) is 15.0 Å². The standard InChI is InChI=1S/C19H21N7O/c20-11-5-1-2-6-12(11)23-19-24-13-9-22-18(27)16(13)17(25-19)14-10-21-15-7-3-4-8-26(14)15/h3-4,7-8,10-12H,1-2,5-6,9,20H2,(H,22,27)(H,23,24,25)/t11-,12+/m0/s1. The molecule has 5 rings (SSSR count). The Bertz CT molecular complexity index is 1030. The van der Waals surface area contributed by atoms with Crippen molar-refractivity contribution in [1.82, 2.24) is 24.7 Å². The molecule has 0 spiro atoms. The third-order valence-electron chi connectivity index (χ3n) is 5.42. The minimum Gasteiger partial charge on any atom is -0.350 e. The lowest BCUT2D eigenvalue weighted by Gasteiger charge is -2.29. The van der Waals surface area contributed by atoms with Crippen molar-refractivity contribution in [1.29, 1.82) is 0 Å². The number of pyridine rings is 1. The van der Waals surface area contributed by atoms with Crippen molar-refractivity contribution in [2.75, 3.05) is 5.32 Å². The summed E-state index contributed by atoms with van der Waals surface area (Å²) in [4.78, 5) is 26.2. The van der Waals surface area contributed by atoms with Crippen molar-refractivity contribution >= 4 is 17.5 Å². The van der Waals surface area contributed by atoms with E-state index in [1.807, 2.05) is 28.8 Å². The topological polar surface area (TPSA) is 110 Å². The first-order valence-corrected chi connectivity index (χ1v) is 9.34. The van der Waals surface area contributed by atoms with E-state index >= 15 is 0 Å². The van der Waals surface area contributed by atoms with Gasteiger partial charge in [-0.05, 0) is 25.0 Å². The smallest absolute Gasteiger partial charge is 0.255 e. The van der Waals surface area contributed by atoms with Crippen LogP contribution in [0.25, 0.3) is 17.0 Å². The number of carbonyl (C=O) groups excluding carboxylic acids is 1. The van der Waals surface area contributed by atoms with Crippen LogP contribution < -0.4 is 16.4 Å². The highest BCUT2D eigenvalue weighted by molar-refractivity contribution is 6.03. The molecule has 8 nitrogen and oxygen atoms in total. The van der Waals surface area contributed by atoms with Crippen molar-refractivity contribution in [3.05, 3.63) is 41.9 Å². The summed E-state index contributed by atoms with van der Waals surface area (Å²) >= 11 is 0. The first kappa shape index (κ1) is 16.2. The van der Waals surface area contributed by atoms with Gasteiger partial charge in [-0.3, -0.25) is 9.20 Å². The molecule has 1 amide bonds. The first-order valence-electron chi connectivity index (χ1n) is 9.34. The van der Waals surface area contributed by atoms with Gasteiger partial charge in [-0.2, -0.15) is 0 Å². The lowest BCUT2D eigenvalue weighted by atomic mass is 9.91. The van der Waals surface area contributed by atoms with Crippen LogP contribution in [-0.4, -0.2) is 37.3 Å². The van der Waals surface area contributed by atoms with Crippen LogP contribution in [0.5, 0.6) is 0 Å². The molecule has 0 radical (unpaired) electrons. The van der Waals surface area contributed by atoms with Gasteiger partial charge in [-0.1, -0.05) is 18.9 Å². The summed E-state index contributed by atoms with van der Waals surface area (Å²) < 4.78 is 1.93. The lowest BCUT2D eigenvalue weighted by Crippen LogP contribution is -2.43. The molecule has 3 aromatic heterocycles. The highest BCUT2D eigenvalue weighted by Crippen LogP contribution is 2.29. The SMILES string of the molecule is N[C@H]1CCCC[C@H]1Nc1nc2c(c(-c3cnc4ccccn34)n1)C(=O)NC2. The molecule has 4 heterocycles. The number of fused-ring (bicyclic) bond motifs is 2. The number of nitrogens with one attached hydrogen (secondary N) is 2. The second kappa shape index (κ2) is 6.31. The summed E-state index contributed by atoms with van der Waals surface area (Å²) in [6.07, 6.45) is 7.99. The Morgan fingerprint density at radius 2 is 2.11 bits per heavy atom. The van der Waals surface area contributed by atoms with E-state index in [-0.39, 0.29) is 18.0 Å². The summed E-state index contributed by atoms with van der Waals surface area (Å²) in [6, 6.07) is 6.03. The Hall–Kier alpha value is -3.00. The van der Waals surface area contributed by atoms with Crippen molar-refractivity contribution in [2.45, 2.75) is 44.3 Å².